The second kappa shape index (κ2) is 11.9. The van der Waals surface area contributed by atoms with Gasteiger partial charge in [0.1, 0.15) is 4.90 Å². The maximum absolute atomic E-state index is 12.4. The van der Waals surface area contributed by atoms with E-state index in [1.807, 2.05) is 18.2 Å². The van der Waals surface area contributed by atoms with Gasteiger partial charge in [0.05, 0.1) is 4.90 Å². The summed E-state index contributed by atoms with van der Waals surface area (Å²) >= 11 is 2.12. The molecule has 0 spiro atoms. The summed E-state index contributed by atoms with van der Waals surface area (Å²) in [6, 6.07) is 15.6. The summed E-state index contributed by atoms with van der Waals surface area (Å²) < 4.78 is 61.8. The van der Waals surface area contributed by atoms with E-state index in [0.29, 0.717) is 24.8 Å². The van der Waals surface area contributed by atoms with Crippen LogP contribution in [0, 0.1) is 3.57 Å². The van der Waals surface area contributed by atoms with Crippen molar-refractivity contribution in [2.45, 2.75) is 48.8 Å². The Balaban J connectivity index is 0.00000289. The van der Waals surface area contributed by atoms with Crippen molar-refractivity contribution in [3.05, 3.63) is 69.3 Å². The van der Waals surface area contributed by atoms with Crippen molar-refractivity contribution in [2.75, 3.05) is 6.54 Å². The molecule has 0 saturated heterocycles. The first kappa shape index (κ1) is 28.7. The summed E-state index contributed by atoms with van der Waals surface area (Å²) in [4.78, 5) is 0.138. The minimum Gasteiger partial charge on any atom is -1.00 e. The van der Waals surface area contributed by atoms with Crippen molar-refractivity contribution in [3.8, 4) is 11.1 Å². The van der Waals surface area contributed by atoms with E-state index in [9.17, 15) is 21.4 Å². The smallest absolute Gasteiger partial charge is 1.00 e. The Labute approximate surface area is 233 Å². The Morgan fingerprint density at radius 1 is 0.939 bits per heavy atom. The predicted molar refractivity (Wildman–Crippen MR) is 135 cm³/mol. The van der Waals surface area contributed by atoms with Gasteiger partial charge in [-0.25, -0.2) is 13.1 Å². The van der Waals surface area contributed by atoms with Crippen LogP contribution >= 0.6 is 22.6 Å². The van der Waals surface area contributed by atoms with Crippen LogP contribution in [-0.2, 0) is 26.6 Å². The van der Waals surface area contributed by atoms with Gasteiger partial charge in [0.15, 0.2) is 0 Å². The Morgan fingerprint density at radius 3 is 2.12 bits per heavy atom. The van der Waals surface area contributed by atoms with E-state index in [1.54, 1.807) is 30.3 Å². The monoisotopic (exact) mass is 611 g/mol. The molecule has 0 radical (unpaired) electrons. The molecule has 0 heterocycles. The Bertz CT molecular complexity index is 1280. The van der Waals surface area contributed by atoms with E-state index in [4.69, 9.17) is 0 Å². The van der Waals surface area contributed by atoms with Gasteiger partial charge < -0.3 is 1.43 Å². The summed E-state index contributed by atoms with van der Waals surface area (Å²) in [5.74, 6) is 0.283. The molecule has 0 aliphatic heterocycles. The number of hydrogen-bond donors (Lipinski definition) is 2. The van der Waals surface area contributed by atoms with Crippen molar-refractivity contribution < 1.29 is 52.4 Å². The van der Waals surface area contributed by atoms with Gasteiger partial charge in [0.25, 0.3) is 10.1 Å². The molecular formula is C23H27INNaO5S2. The molecule has 0 aromatic heterocycles. The number of aryl methyl sites for hydroxylation is 1. The molecule has 174 valence electrons. The summed E-state index contributed by atoms with van der Waals surface area (Å²) in [7, 11) is -7.91. The van der Waals surface area contributed by atoms with E-state index in [-0.39, 0.29) is 53.2 Å². The number of unbranched alkanes of at least 4 members (excludes halogenated alkanes) is 1. The number of fused-ring (bicyclic) bond motifs is 1. The van der Waals surface area contributed by atoms with E-state index < -0.39 is 20.1 Å². The minimum atomic E-state index is -4.35. The van der Waals surface area contributed by atoms with Crippen molar-refractivity contribution in [1.29, 1.82) is 0 Å². The fourth-order valence-corrected chi connectivity index (χ4v) is 5.73. The molecular weight excluding hydrogens is 584 g/mol. The molecule has 0 fully saturated rings. The van der Waals surface area contributed by atoms with Crippen molar-refractivity contribution in [2.24, 2.45) is 0 Å². The van der Waals surface area contributed by atoms with Gasteiger partial charge in [-0.15, -0.1) is 0 Å². The molecule has 10 heteroatoms. The summed E-state index contributed by atoms with van der Waals surface area (Å²) in [6.07, 6.45) is 1.82. The molecule has 33 heavy (non-hydrogen) atoms. The molecule has 2 aliphatic carbocycles. The normalized spacial score (nSPS) is 12.2. The number of benzene rings is 1. The van der Waals surface area contributed by atoms with Gasteiger partial charge in [0, 0.05) is 15.7 Å². The average molecular weight is 611 g/mol. The third-order valence-corrected chi connectivity index (χ3v) is 8.41. The Hall–Kier alpha value is -0.530. The molecule has 0 atom stereocenters. The third kappa shape index (κ3) is 7.47. The zero-order chi connectivity index (χ0) is 23.5. The topological polar surface area (TPSA) is 101 Å². The fraction of sp³-hybridized carbons (Fsp3) is 0.304. The van der Waals surface area contributed by atoms with Crippen LogP contribution in [-0.4, -0.2) is 27.9 Å². The van der Waals surface area contributed by atoms with Crippen molar-refractivity contribution in [3.63, 3.8) is 0 Å². The molecule has 1 aromatic rings. The summed E-state index contributed by atoms with van der Waals surface area (Å²) in [6.45, 7) is 4.40. The molecule has 0 amide bonds. The van der Waals surface area contributed by atoms with Crippen LogP contribution < -0.4 is 34.3 Å². The number of nitrogens with one attached hydrogen (secondary N) is 1. The van der Waals surface area contributed by atoms with Crippen molar-refractivity contribution >= 4 is 42.7 Å². The van der Waals surface area contributed by atoms with Crippen molar-refractivity contribution in [1.82, 2.24) is 4.72 Å². The Kier molecular flexibility index (Phi) is 10.4. The van der Waals surface area contributed by atoms with Gasteiger partial charge in [-0.05, 0) is 94.8 Å². The van der Waals surface area contributed by atoms with Crippen LogP contribution in [0.1, 0.15) is 45.2 Å². The van der Waals surface area contributed by atoms with Gasteiger partial charge >= 0.3 is 29.6 Å². The summed E-state index contributed by atoms with van der Waals surface area (Å²) in [5.41, 5.74) is 3.16. The van der Waals surface area contributed by atoms with Crippen LogP contribution in [0.2, 0.25) is 0 Å². The standard InChI is InChI=1S/C23H26INO5S2.Na.H/c1-16(2)17-6-12-21-18(15-23(32(28,29)30)22(21)13-7-17)5-3-4-14-25-31(26,27)20-10-8-19(24)9-11-20;;/h6-13,15-16,25H,3-5,14H2,1-2H3,(H,28,29,30);;/q;+1;-1. The average Bonchev–Trinajstić information content (AvgIpc) is 2.91. The van der Waals surface area contributed by atoms with Gasteiger partial charge in [-0.2, -0.15) is 8.42 Å². The quantitative estimate of drug-likeness (QED) is 0.167. The Morgan fingerprint density at radius 2 is 1.55 bits per heavy atom. The number of halogens is 1. The van der Waals surface area contributed by atoms with Crippen LogP contribution in [0.25, 0.3) is 11.1 Å². The number of rotatable bonds is 9. The maximum Gasteiger partial charge on any atom is 1.00 e. The molecule has 0 saturated carbocycles. The van der Waals surface area contributed by atoms with Gasteiger partial charge in [0.2, 0.25) is 10.0 Å². The fourth-order valence-electron chi connectivity index (χ4n) is 3.55. The van der Waals surface area contributed by atoms with Gasteiger partial charge in [-0.3, -0.25) is 4.55 Å². The SMILES string of the molecule is CC(C)c1ccc2c(CCCCNS(=O)(=O)c3ccc(I)cc3)cc(S(=O)(=O)O)c-2cc1.[H-].[Na+]. The van der Waals surface area contributed by atoms with Gasteiger partial charge in [-0.1, -0.05) is 38.1 Å². The van der Waals surface area contributed by atoms with E-state index in [1.165, 1.54) is 6.07 Å². The minimum absolute atomic E-state index is 0. The molecule has 3 rings (SSSR count). The number of sulfonamides is 1. The second-order valence-corrected chi connectivity index (χ2v) is 12.4. The van der Waals surface area contributed by atoms with E-state index in [0.717, 1.165) is 20.3 Å². The van der Waals surface area contributed by atoms with E-state index >= 15 is 0 Å². The molecule has 0 bridgehead atoms. The molecule has 0 unspecified atom stereocenters. The van der Waals surface area contributed by atoms with Crippen LogP contribution in [0.15, 0.2) is 64.4 Å². The van der Waals surface area contributed by atoms with E-state index in [2.05, 4.69) is 41.2 Å². The molecule has 1 aromatic carbocycles. The van der Waals surface area contributed by atoms with Crippen LogP contribution in [0.3, 0.4) is 0 Å². The largest absolute Gasteiger partial charge is 1.00 e. The predicted octanol–water partition coefficient (Wildman–Crippen LogP) is 2.18. The maximum atomic E-state index is 12.4. The first-order valence-electron chi connectivity index (χ1n) is 10.3. The van der Waals surface area contributed by atoms with Crippen LogP contribution in [0.5, 0.6) is 0 Å². The second-order valence-electron chi connectivity index (χ2n) is 7.97. The first-order valence-corrected chi connectivity index (χ1v) is 14.3. The molecule has 2 aliphatic rings. The summed E-state index contributed by atoms with van der Waals surface area (Å²) in [5, 5.41) is 0. The number of hydrogen-bond acceptors (Lipinski definition) is 4. The first-order chi connectivity index (χ1) is 15.0. The zero-order valence-electron chi connectivity index (χ0n) is 19.9. The van der Waals surface area contributed by atoms with Crippen LogP contribution in [0.4, 0.5) is 0 Å². The third-order valence-electron chi connectivity index (χ3n) is 5.33. The molecule has 2 N–H and O–H groups in total. The zero-order valence-corrected chi connectivity index (χ0v) is 24.7. The molecule has 6 nitrogen and oxygen atoms in total.